The van der Waals surface area contributed by atoms with Crippen LogP contribution in [0.5, 0.6) is 11.6 Å². The summed E-state index contributed by atoms with van der Waals surface area (Å²) in [7, 11) is -3.20. The van der Waals surface area contributed by atoms with Crippen molar-refractivity contribution in [2.24, 2.45) is 0 Å². The summed E-state index contributed by atoms with van der Waals surface area (Å²) in [6, 6.07) is 6.83. The third-order valence-corrected chi connectivity index (χ3v) is 6.56. The first kappa shape index (κ1) is 18.3. The molecule has 26 heavy (non-hydrogen) atoms. The van der Waals surface area contributed by atoms with Crippen LogP contribution in [0.3, 0.4) is 0 Å². The number of nitrogens with one attached hydrogen (secondary N) is 1. The van der Waals surface area contributed by atoms with E-state index in [0.717, 1.165) is 12.8 Å². The molecule has 8 heteroatoms. The lowest BCUT2D eigenvalue weighted by Gasteiger charge is -2.11. The summed E-state index contributed by atoms with van der Waals surface area (Å²) in [5.74, 6) is 0.406. The van der Waals surface area contributed by atoms with Crippen LogP contribution in [0.4, 0.5) is 5.69 Å². The molecule has 1 amide bonds. The second kappa shape index (κ2) is 8.27. The van der Waals surface area contributed by atoms with Gasteiger partial charge in [0, 0.05) is 30.6 Å². The van der Waals surface area contributed by atoms with Gasteiger partial charge in [-0.3, -0.25) is 9.78 Å². The zero-order valence-electron chi connectivity index (χ0n) is 14.3. The molecule has 2 aromatic rings. The minimum atomic E-state index is -3.20. The number of anilines is 1. The first-order valence-electron chi connectivity index (χ1n) is 8.58. The van der Waals surface area contributed by atoms with Gasteiger partial charge in [-0.1, -0.05) is 18.9 Å². The number of sulfone groups is 1. The van der Waals surface area contributed by atoms with E-state index in [4.69, 9.17) is 4.74 Å². The lowest BCUT2D eigenvalue weighted by molar-refractivity contribution is -0.115. The highest BCUT2D eigenvalue weighted by molar-refractivity contribution is 7.92. The molecule has 7 nitrogen and oxygen atoms in total. The molecule has 3 rings (SSSR count). The number of aromatic nitrogens is 2. The lowest BCUT2D eigenvalue weighted by atomic mass is 10.3. The average molecular weight is 375 g/mol. The molecule has 0 radical (unpaired) electrons. The Labute approximate surface area is 152 Å². The number of carbonyl (C=O) groups is 1. The first-order chi connectivity index (χ1) is 12.5. The van der Waals surface area contributed by atoms with E-state index in [1.54, 1.807) is 30.5 Å². The maximum absolute atomic E-state index is 12.2. The van der Waals surface area contributed by atoms with Crippen molar-refractivity contribution in [2.45, 2.75) is 37.4 Å². The third kappa shape index (κ3) is 5.01. The highest BCUT2D eigenvalue weighted by atomic mass is 32.2. The van der Waals surface area contributed by atoms with Crippen molar-refractivity contribution in [3.05, 3.63) is 42.9 Å². The molecule has 0 unspecified atom stereocenters. The van der Waals surface area contributed by atoms with E-state index >= 15 is 0 Å². The molecule has 0 bridgehead atoms. The number of hydrogen-bond donors (Lipinski definition) is 1. The lowest BCUT2D eigenvalue weighted by Crippen LogP contribution is -2.24. The normalized spacial score (nSPS) is 14.9. The Balaban J connectivity index is 1.55. The van der Waals surface area contributed by atoms with Crippen LogP contribution in [0.2, 0.25) is 0 Å². The van der Waals surface area contributed by atoms with Gasteiger partial charge in [-0.05, 0) is 25.0 Å². The van der Waals surface area contributed by atoms with Gasteiger partial charge in [0.15, 0.2) is 9.84 Å². The van der Waals surface area contributed by atoms with E-state index < -0.39 is 9.84 Å². The fraction of sp³-hybridized carbons (Fsp3) is 0.389. The topological polar surface area (TPSA) is 98.2 Å². The Kier molecular flexibility index (Phi) is 5.82. The second-order valence-electron chi connectivity index (χ2n) is 6.25. The van der Waals surface area contributed by atoms with Gasteiger partial charge < -0.3 is 10.1 Å². The molecule has 0 spiro atoms. The maximum Gasteiger partial charge on any atom is 0.237 e. The summed E-state index contributed by atoms with van der Waals surface area (Å²) in [4.78, 5) is 20.0. The third-order valence-electron chi connectivity index (χ3n) is 4.30. The van der Waals surface area contributed by atoms with Gasteiger partial charge in [0.05, 0.1) is 17.2 Å². The van der Waals surface area contributed by atoms with Crippen LogP contribution in [-0.2, 0) is 14.6 Å². The van der Waals surface area contributed by atoms with E-state index in [2.05, 4.69) is 15.3 Å². The van der Waals surface area contributed by atoms with E-state index in [9.17, 15) is 13.2 Å². The summed E-state index contributed by atoms with van der Waals surface area (Å²) >= 11 is 0. The van der Waals surface area contributed by atoms with Crippen LogP contribution in [0, 0.1) is 0 Å². The highest BCUT2D eigenvalue weighted by Gasteiger charge is 2.28. The van der Waals surface area contributed by atoms with E-state index in [0.29, 0.717) is 30.2 Å². The Morgan fingerprint density at radius 1 is 1.23 bits per heavy atom. The molecule has 138 valence electrons. The van der Waals surface area contributed by atoms with Gasteiger partial charge in [-0.15, -0.1) is 0 Å². The first-order valence-corrected chi connectivity index (χ1v) is 10.3. The largest absolute Gasteiger partial charge is 0.437 e. The predicted octanol–water partition coefficient (Wildman–Crippen LogP) is 2.95. The molecule has 0 atom stereocenters. The molecule has 1 aromatic heterocycles. The van der Waals surface area contributed by atoms with E-state index in [-0.39, 0.29) is 23.3 Å². The van der Waals surface area contributed by atoms with Gasteiger partial charge in [0.2, 0.25) is 11.8 Å². The zero-order chi connectivity index (χ0) is 18.4. The van der Waals surface area contributed by atoms with Crippen molar-refractivity contribution >= 4 is 21.4 Å². The summed E-state index contributed by atoms with van der Waals surface area (Å²) in [6.07, 6.45) is 7.84. The van der Waals surface area contributed by atoms with Crippen LogP contribution < -0.4 is 10.1 Å². The number of ether oxygens (including phenoxy) is 1. The quantitative estimate of drug-likeness (QED) is 0.799. The Morgan fingerprint density at radius 3 is 2.77 bits per heavy atom. The van der Waals surface area contributed by atoms with Crippen molar-refractivity contribution in [2.75, 3.05) is 11.1 Å². The van der Waals surface area contributed by atoms with Gasteiger partial charge in [0.1, 0.15) is 5.75 Å². The number of benzene rings is 1. The number of nitrogens with zero attached hydrogens (tertiary/aromatic N) is 2. The summed E-state index contributed by atoms with van der Waals surface area (Å²) in [6.45, 7) is 0. The van der Waals surface area contributed by atoms with Crippen molar-refractivity contribution in [1.29, 1.82) is 0 Å². The molecule has 1 aromatic carbocycles. The van der Waals surface area contributed by atoms with Gasteiger partial charge in [-0.25, -0.2) is 13.4 Å². The fourth-order valence-corrected chi connectivity index (χ4v) is 4.82. The van der Waals surface area contributed by atoms with Crippen LogP contribution in [0.25, 0.3) is 0 Å². The summed E-state index contributed by atoms with van der Waals surface area (Å²) in [5.41, 5.74) is 0.537. The minimum absolute atomic E-state index is 0.0475. The molecule has 1 N–H and O–H groups in total. The van der Waals surface area contributed by atoms with Gasteiger partial charge in [-0.2, -0.15) is 0 Å². The summed E-state index contributed by atoms with van der Waals surface area (Å²) in [5, 5.41) is 2.43. The average Bonchev–Trinajstić information content (AvgIpc) is 3.17. The van der Waals surface area contributed by atoms with Crippen molar-refractivity contribution in [3.8, 4) is 11.6 Å². The van der Waals surface area contributed by atoms with Crippen LogP contribution in [-0.4, -0.2) is 35.3 Å². The minimum Gasteiger partial charge on any atom is -0.437 e. The zero-order valence-corrected chi connectivity index (χ0v) is 15.1. The molecule has 1 fully saturated rings. The molecular formula is C18H21N3O4S. The van der Waals surface area contributed by atoms with Crippen molar-refractivity contribution in [1.82, 2.24) is 9.97 Å². The Hall–Kier alpha value is -2.48. The molecule has 0 aliphatic heterocycles. The van der Waals surface area contributed by atoms with E-state index in [1.807, 2.05) is 0 Å². The fourth-order valence-electron chi connectivity index (χ4n) is 2.97. The van der Waals surface area contributed by atoms with Crippen LogP contribution >= 0.6 is 0 Å². The predicted molar refractivity (Wildman–Crippen MR) is 97.8 cm³/mol. The Morgan fingerprint density at radius 2 is 2.04 bits per heavy atom. The number of rotatable bonds is 7. The summed E-state index contributed by atoms with van der Waals surface area (Å²) < 4.78 is 30.0. The maximum atomic E-state index is 12.2. The number of amides is 1. The number of hydrogen-bond acceptors (Lipinski definition) is 6. The molecule has 1 saturated carbocycles. The molecule has 0 saturated heterocycles. The van der Waals surface area contributed by atoms with Crippen LogP contribution in [0.15, 0.2) is 42.9 Å². The molecule has 1 aliphatic carbocycles. The van der Waals surface area contributed by atoms with Gasteiger partial charge >= 0.3 is 0 Å². The monoisotopic (exact) mass is 375 g/mol. The van der Waals surface area contributed by atoms with Crippen molar-refractivity contribution in [3.63, 3.8) is 0 Å². The van der Waals surface area contributed by atoms with Crippen molar-refractivity contribution < 1.29 is 17.9 Å². The second-order valence-corrected chi connectivity index (χ2v) is 8.65. The smallest absolute Gasteiger partial charge is 0.237 e. The number of carbonyl (C=O) groups excluding carboxylic acids is 1. The van der Waals surface area contributed by atoms with Gasteiger partial charge in [0.25, 0.3) is 0 Å². The SMILES string of the molecule is O=C(CCS(=O)(=O)C1CCCC1)Nc1cccc(Oc2cnccn2)c1. The molecule has 1 heterocycles. The molecular weight excluding hydrogens is 354 g/mol. The van der Waals surface area contributed by atoms with Crippen LogP contribution in [0.1, 0.15) is 32.1 Å². The Bertz CT molecular complexity index is 850. The highest BCUT2D eigenvalue weighted by Crippen LogP contribution is 2.26. The molecule has 1 aliphatic rings. The standard InChI is InChI=1S/C18H21N3O4S/c22-17(8-11-26(23,24)16-6-1-2-7-16)21-14-4-3-5-15(12-14)25-18-13-19-9-10-20-18/h3-5,9-10,12-13,16H,1-2,6-8,11H2,(H,21,22). The van der Waals surface area contributed by atoms with E-state index in [1.165, 1.54) is 12.4 Å².